The third kappa shape index (κ3) is 4.01. The van der Waals surface area contributed by atoms with Gasteiger partial charge >= 0.3 is 0 Å². The second-order valence-electron chi connectivity index (χ2n) is 6.53. The van der Waals surface area contributed by atoms with Crippen molar-refractivity contribution in [2.24, 2.45) is 10.5 Å². The third-order valence-electron chi connectivity index (χ3n) is 4.48. The Labute approximate surface area is 163 Å². The van der Waals surface area contributed by atoms with Crippen LogP contribution in [0.3, 0.4) is 0 Å². The molecule has 0 bridgehead atoms. The first-order valence-electron chi connectivity index (χ1n) is 8.57. The van der Waals surface area contributed by atoms with Crippen molar-refractivity contribution in [2.45, 2.75) is 19.8 Å². The highest BCUT2D eigenvalue weighted by Crippen LogP contribution is 2.46. The molecule has 1 N–H and O–H groups in total. The average molecular weight is 439 g/mol. The molecule has 0 saturated heterocycles. The molecule has 4 rings (SSSR count). The van der Waals surface area contributed by atoms with Crippen LogP contribution in [0.2, 0.25) is 0 Å². The summed E-state index contributed by atoms with van der Waals surface area (Å²) in [6.45, 7) is 3.49. The van der Waals surface area contributed by atoms with Crippen molar-refractivity contribution in [3.8, 4) is 11.6 Å². The second-order valence-corrected chi connectivity index (χ2v) is 7.39. The Hall–Kier alpha value is -2.33. The van der Waals surface area contributed by atoms with Gasteiger partial charge in [-0.25, -0.2) is 14.9 Å². The number of hydrogen-bond acceptors (Lipinski definition) is 7. The Balaban J connectivity index is 1.33. The number of nitrogens with one attached hydrogen (secondary N) is 1. The zero-order chi connectivity index (χ0) is 18.9. The number of nitrogens with zero attached hydrogens (tertiary/aromatic N) is 4. The predicted molar refractivity (Wildman–Crippen MR) is 97.4 cm³/mol. The molecule has 1 aromatic carbocycles. The van der Waals surface area contributed by atoms with E-state index in [0.29, 0.717) is 43.0 Å². The van der Waals surface area contributed by atoms with Gasteiger partial charge in [0.1, 0.15) is 11.6 Å². The molecule has 0 unspecified atom stereocenters. The van der Waals surface area contributed by atoms with Crippen molar-refractivity contribution in [1.82, 2.24) is 21.2 Å². The molecule has 2 aliphatic rings. The number of ether oxygens (including phenoxy) is 2. The van der Waals surface area contributed by atoms with Crippen LogP contribution in [-0.2, 0) is 0 Å². The van der Waals surface area contributed by atoms with Gasteiger partial charge in [-0.15, -0.1) is 5.10 Å². The van der Waals surface area contributed by atoms with E-state index >= 15 is 0 Å². The highest BCUT2D eigenvalue weighted by Gasteiger charge is 2.45. The molecule has 1 fully saturated rings. The summed E-state index contributed by atoms with van der Waals surface area (Å²) in [5.74, 6) is 1.57. The molecule has 1 radical (unpaired) electrons. The van der Waals surface area contributed by atoms with Crippen molar-refractivity contribution >= 4 is 21.8 Å². The minimum Gasteiger partial charge on any atom is -0.492 e. The maximum atomic E-state index is 13.4. The van der Waals surface area contributed by atoms with Crippen LogP contribution in [0.15, 0.2) is 38.4 Å². The van der Waals surface area contributed by atoms with E-state index in [0.717, 1.165) is 17.3 Å². The molecule has 0 amide bonds. The van der Waals surface area contributed by atoms with E-state index in [1.807, 2.05) is 6.92 Å². The van der Waals surface area contributed by atoms with E-state index in [1.165, 1.54) is 12.1 Å². The first-order chi connectivity index (χ1) is 13.1. The Morgan fingerprint density at radius 3 is 2.89 bits per heavy atom. The first kappa shape index (κ1) is 18.1. The number of halogens is 2. The quantitative estimate of drug-likeness (QED) is 0.681. The number of amidine groups is 1. The van der Waals surface area contributed by atoms with Crippen LogP contribution >= 0.6 is 15.9 Å². The van der Waals surface area contributed by atoms with Gasteiger partial charge in [0.25, 0.3) is 5.88 Å². The fraction of sp³-hybridized carbons (Fsp3) is 0.412. The van der Waals surface area contributed by atoms with Gasteiger partial charge in [-0.3, -0.25) is 0 Å². The monoisotopic (exact) mass is 438 g/mol. The van der Waals surface area contributed by atoms with Crippen LogP contribution in [-0.4, -0.2) is 35.8 Å². The van der Waals surface area contributed by atoms with Crippen LogP contribution in [0.5, 0.6) is 11.6 Å². The van der Waals surface area contributed by atoms with Gasteiger partial charge in [-0.1, -0.05) is 0 Å². The average Bonchev–Trinajstić information content (AvgIpc) is 3.08. The maximum absolute atomic E-state index is 13.4. The summed E-state index contributed by atoms with van der Waals surface area (Å²) < 4.78 is 31.0. The first-order valence-corrected chi connectivity index (χ1v) is 9.36. The summed E-state index contributed by atoms with van der Waals surface area (Å²) in [7, 11) is 0. The zero-order valence-corrected chi connectivity index (χ0v) is 16.2. The lowest BCUT2D eigenvalue weighted by Crippen LogP contribution is -2.34. The molecule has 27 heavy (non-hydrogen) atoms. The predicted octanol–water partition coefficient (Wildman–Crippen LogP) is 2.84. The largest absolute Gasteiger partial charge is 0.492 e. The highest BCUT2D eigenvalue weighted by atomic mass is 79.9. The number of benzene rings is 1. The summed E-state index contributed by atoms with van der Waals surface area (Å²) in [6, 6.07) is 6.06. The lowest BCUT2D eigenvalue weighted by Gasteiger charge is -2.16. The Morgan fingerprint density at radius 1 is 1.30 bits per heavy atom. The minimum atomic E-state index is -0.332. The summed E-state index contributed by atoms with van der Waals surface area (Å²) in [5.41, 5.74) is 6.44. The molecule has 1 aliphatic heterocycles. The number of hydrogen-bond donors (Lipinski definition) is 1. The van der Waals surface area contributed by atoms with Gasteiger partial charge in [0.2, 0.25) is 11.6 Å². The molecule has 2 aromatic rings. The normalized spacial score (nSPS) is 17.4. The van der Waals surface area contributed by atoms with E-state index in [-0.39, 0.29) is 11.2 Å². The molecular formula is C17H18BrFN5O3. The second kappa shape index (κ2) is 7.35. The smallest absolute Gasteiger partial charge is 0.254 e. The van der Waals surface area contributed by atoms with Crippen LogP contribution < -0.4 is 20.5 Å². The van der Waals surface area contributed by atoms with Crippen LogP contribution in [0.1, 0.15) is 25.5 Å². The molecule has 1 aromatic heterocycles. The van der Waals surface area contributed by atoms with E-state index < -0.39 is 0 Å². The van der Waals surface area contributed by atoms with Gasteiger partial charge in [0.15, 0.2) is 0 Å². The zero-order valence-electron chi connectivity index (χ0n) is 14.6. The summed E-state index contributed by atoms with van der Waals surface area (Å²) in [5, 5.41) is 9.65. The summed E-state index contributed by atoms with van der Waals surface area (Å²) >= 11 is 3.37. The van der Waals surface area contributed by atoms with Gasteiger partial charge in [0, 0.05) is 18.0 Å². The van der Waals surface area contributed by atoms with Crippen molar-refractivity contribution < 1.29 is 18.4 Å². The number of hydrazone groups is 1. The molecule has 2 heterocycles. The van der Waals surface area contributed by atoms with Crippen molar-refractivity contribution in [2.75, 3.05) is 19.8 Å². The van der Waals surface area contributed by atoms with Crippen LogP contribution in [0.25, 0.3) is 0 Å². The molecule has 0 spiro atoms. The molecule has 1 saturated carbocycles. The fourth-order valence-corrected chi connectivity index (χ4v) is 2.98. The summed E-state index contributed by atoms with van der Waals surface area (Å²) in [4.78, 5) is 0. The van der Waals surface area contributed by atoms with Gasteiger partial charge in [0.05, 0.1) is 23.8 Å². The van der Waals surface area contributed by atoms with Crippen LogP contribution in [0.4, 0.5) is 4.39 Å². The van der Waals surface area contributed by atoms with Gasteiger partial charge in [-0.2, -0.15) is 0 Å². The summed E-state index contributed by atoms with van der Waals surface area (Å²) in [6.07, 6.45) is 1.95. The van der Waals surface area contributed by atoms with E-state index in [2.05, 4.69) is 37.3 Å². The Morgan fingerprint density at radius 2 is 2.11 bits per heavy atom. The molecule has 8 nitrogen and oxygen atoms in total. The lowest BCUT2D eigenvalue weighted by molar-refractivity contribution is 0.152. The minimum absolute atomic E-state index is 0.0951. The standard InChI is InChI=1S/C17H18BrFN5O3/c1-2-24-16(20-22-23-24)14-8-15(21-27-14)26-10-17(5-6-17)9-25-13-7-11(19)3-4-12(13)18/h3-4,7-8,22H,2,5-6,9-10H2,1H3. The van der Waals surface area contributed by atoms with Gasteiger partial charge < -0.3 is 14.0 Å². The Kier molecular flexibility index (Phi) is 4.92. The molecule has 143 valence electrons. The van der Waals surface area contributed by atoms with Crippen molar-refractivity contribution in [1.29, 1.82) is 0 Å². The lowest BCUT2D eigenvalue weighted by atomic mass is 10.1. The van der Waals surface area contributed by atoms with Crippen molar-refractivity contribution in [3.05, 3.63) is 40.3 Å². The SMILES string of the molecule is CCN1[N]NN=C1c1cc(OCC2(COc3cc(F)ccc3Br)CC2)no1. The third-order valence-corrected chi connectivity index (χ3v) is 5.14. The highest BCUT2D eigenvalue weighted by molar-refractivity contribution is 9.10. The van der Waals surface area contributed by atoms with E-state index in [4.69, 9.17) is 14.0 Å². The Bertz CT molecular complexity index is 855. The van der Waals surface area contributed by atoms with Gasteiger partial charge in [-0.05, 0) is 58.5 Å². The molecular weight excluding hydrogens is 421 g/mol. The van der Waals surface area contributed by atoms with Crippen LogP contribution in [0, 0.1) is 11.2 Å². The van der Waals surface area contributed by atoms with Crippen molar-refractivity contribution in [3.63, 3.8) is 0 Å². The van der Waals surface area contributed by atoms with E-state index in [1.54, 1.807) is 17.1 Å². The molecule has 10 heteroatoms. The number of aromatic nitrogens is 1. The molecule has 0 atom stereocenters. The number of rotatable bonds is 8. The van der Waals surface area contributed by atoms with E-state index in [9.17, 15) is 4.39 Å². The fourth-order valence-electron chi connectivity index (χ4n) is 2.62. The topological polar surface area (TPSA) is 86.2 Å². The maximum Gasteiger partial charge on any atom is 0.254 e. The molecule has 1 aliphatic carbocycles.